The maximum absolute atomic E-state index is 12.2. The minimum Gasteiger partial charge on any atom is -0.395 e. The summed E-state index contributed by atoms with van der Waals surface area (Å²) in [5.74, 6) is -0.565. The highest BCUT2D eigenvalue weighted by atomic mass is 16.2. The molecule has 7 heteroatoms. The molecule has 7 nitrogen and oxygen atoms in total. The fourth-order valence-electron chi connectivity index (χ4n) is 1.55. The van der Waals surface area contributed by atoms with E-state index in [0.29, 0.717) is 18.7 Å². The van der Waals surface area contributed by atoms with Crippen LogP contribution in [-0.4, -0.2) is 47.0 Å². The Kier molecular flexibility index (Phi) is 4.70. The van der Waals surface area contributed by atoms with Gasteiger partial charge in [0.15, 0.2) is 5.69 Å². The number of carbonyl (C=O) groups excluding carboxylic acids is 2. The van der Waals surface area contributed by atoms with Crippen LogP contribution in [0.3, 0.4) is 0 Å². The molecule has 0 bridgehead atoms. The van der Waals surface area contributed by atoms with Crippen LogP contribution in [0.15, 0.2) is 0 Å². The number of aromatic nitrogens is 2. The largest absolute Gasteiger partial charge is 0.395 e. The summed E-state index contributed by atoms with van der Waals surface area (Å²) in [4.78, 5) is 24.9. The van der Waals surface area contributed by atoms with Crippen LogP contribution < -0.4 is 11.1 Å². The first-order valence-electron chi connectivity index (χ1n) is 5.87. The van der Waals surface area contributed by atoms with Gasteiger partial charge >= 0.3 is 0 Å². The van der Waals surface area contributed by atoms with Gasteiger partial charge in [-0.15, -0.1) is 0 Å². The minimum atomic E-state index is -0.338. The average Bonchev–Trinajstić information content (AvgIpc) is 2.75. The lowest BCUT2D eigenvalue weighted by atomic mass is 10.2. The Bertz CT molecular complexity index is 441. The average molecular weight is 253 g/mol. The molecule has 4 N–H and O–H groups in total. The van der Waals surface area contributed by atoms with Gasteiger partial charge in [-0.1, -0.05) is 6.92 Å². The molecule has 0 fully saturated rings. The number of nitrogens with zero attached hydrogens (tertiary/aromatic N) is 2. The molecule has 0 saturated heterocycles. The van der Waals surface area contributed by atoms with Crippen LogP contribution in [-0.2, 0) is 11.2 Å². The molecule has 1 rings (SSSR count). The minimum absolute atomic E-state index is 0.000405. The third kappa shape index (κ3) is 2.79. The Hall–Kier alpha value is -2.05. The van der Waals surface area contributed by atoms with E-state index in [1.165, 1.54) is 11.9 Å². The molecule has 0 aliphatic heterocycles. The third-order valence-corrected chi connectivity index (χ3v) is 2.72. The second kappa shape index (κ2) is 6.04. The van der Waals surface area contributed by atoms with Crippen molar-refractivity contribution in [2.24, 2.45) is 0 Å². The number of hydrogen-bond donors (Lipinski definition) is 3. The molecule has 0 atom stereocenters. The first kappa shape index (κ1) is 14.0. The highest BCUT2D eigenvalue weighted by Gasteiger charge is 2.22. The van der Waals surface area contributed by atoms with Crippen molar-refractivity contribution in [2.45, 2.75) is 20.3 Å². The van der Waals surface area contributed by atoms with Crippen molar-refractivity contribution in [1.29, 1.82) is 0 Å². The fraction of sp³-hybridized carbons (Fsp3) is 0.545. The van der Waals surface area contributed by atoms with Gasteiger partial charge in [-0.3, -0.25) is 14.7 Å². The van der Waals surface area contributed by atoms with Crippen LogP contribution in [0.5, 0.6) is 0 Å². The van der Waals surface area contributed by atoms with E-state index in [0.717, 1.165) is 5.69 Å². The maximum atomic E-state index is 12.2. The molecule has 18 heavy (non-hydrogen) atoms. The van der Waals surface area contributed by atoms with E-state index in [4.69, 9.17) is 5.73 Å². The van der Waals surface area contributed by atoms with Crippen molar-refractivity contribution in [3.63, 3.8) is 0 Å². The van der Waals surface area contributed by atoms with E-state index >= 15 is 0 Å². The van der Waals surface area contributed by atoms with Crippen LogP contribution in [0, 0.1) is 0 Å². The van der Waals surface area contributed by atoms with E-state index < -0.39 is 0 Å². The van der Waals surface area contributed by atoms with Crippen LogP contribution >= 0.6 is 0 Å². The van der Waals surface area contributed by atoms with Crippen molar-refractivity contribution < 1.29 is 9.59 Å². The van der Waals surface area contributed by atoms with E-state index in [1.807, 2.05) is 6.92 Å². The molecule has 2 amide bonds. The molecule has 0 saturated carbocycles. The van der Waals surface area contributed by atoms with Gasteiger partial charge in [-0.25, -0.2) is 0 Å². The van der Waals surface area contributed by atoms with E-state index in [2.05, 4.69) is 15.5 Å². The molecule has 1 aromatic heterocycles. The predicted octanol–water partition coefficient (Wildman–Crippen LogP) is -0.238. The summed E-state index contributed by atoms with van der Waals surface area (Å²) in [7, 11) is 1.53. The van der Waals surface area contributed by atoms with E-state index in [-0.39, 0.29) is 24.1 Å². The van der Waals surface area contributed by atoms with Crippen molar-refractivity contribution in [2.75, 3.05) is 25.9 Å². The fourth-order valence-corrected chi connectivity index (χ4v) is 1.55. The third-order valence-electron chi connectivity index (χ3n) is 2.72. The van der Waals surface area contributed by atoms with Crippen LogP contribution in [0.4, 0.5) is 5.69 Å². The zero-order valence-corrected chi connectivity index (χ0v) is 10.9. The molecule has 0 aliphatic rings. The van der Waals surface area contributed by atoms with Gasteiger partial charge in [0.05, 0.1) is 17.9 Å². The van der Waals surface area contributed by atoms with Crippen molar-refractivity contribution in [3.8, 4) is 0 Å². The molecule has 0 radical (unpaired) electrons. The summed E-state index contributed by atoms with van der Waals surface area (Å²) in [6.45, 7) is 4.13. The Morgan fingerprint density at radius 3 is 2.56 bits per heavy atom. The molecule has 0 unspecified atom stereocenters. The smallest absolute Gasteiger partial charge is 0.276 e. The van der Waals surface area contributed by atoms with Crippen LogP contribution in [0.2, 0.25) is 0 Å². The number of nitrogens with two attached hydrogens (primary N) is 1. The predicted molar refractivity (Wildman–Crippen MR) is 68.0 cm³/mol. The number of hydrogen-bond acceptors (Lipinski definition) is 4. The number of carbonyl (C=O) groups is 2. The zero-order valence-electron chi connectivity index (χ0n) is 10.9. The summed E-state index contributed by atoms with van der Waals surface area (Å²) in [6.07, 6.45) is 0.674. The number of aromatic amines is 1. The van der Waals surface area contributed by atoms with Gasteiger partial charge in [-0.05, 0) is 13.3 Å². The lowest BCUT2D eigenvalue weighted by Gasteiger charge is -2.18. The zero-order chi connectivity index (χ0) is 13.7. The first-order valence-corrected chi connectivity index (χ1v) is 5.87. The van der Waals surface area contributed by atoms with Crippen LogP contribution in [0.1, 0.15) is 30.0 Å². The Morgan fingerprint density at radius 2 is 2.11 bits per heavy atom. The standard InChI is InChI=1S/C11H19N5O2/c1-4-7-9(12)10(15-14-7)11(18)16(5-2)6-8(17)13-3/h4-6,12H2,1-3H3,(H,13,17)(H,14,15). The Balaban J connectivity index is 2.89. The molecular weight excluding hydrogens is 234 g/mol. The molecule has 0 aliphatic carbocycles. The number of likely N-dealkylation sites (N-methyl/N-ethyl adjacent to an activating group) is 2. The van der Waals surface area contributed by atoms with Crippen molar-refractivity contribution in [3.05, 3.63) is 11.4 Å². The van der Waals surface area contributed by atoms with E-state index in [9.17, 15) is 9.59 Å². The van der Waals surface area contributed by atoms with Crippen molar-refractivity contribution >= 4 is 17.5 Å². The summed E-state index contributed by atoms with van der Waals surface area (Å²) in [5, 5.41) is 9.12. The Morgan fingerprint density at radius 1 is 1.44 bits per heavy atom. The second-order valence-corrected chi connectivity index (χ2v) is 3.81. The molecule has 1 aromatic rings. The quantitative estimate of drug-likeness (QED) is 0.673. The molecule has 100 valence electrons. The number of rotatable bonds is 5. The highest BCUT2D eigenvalue weighted by Crippen LogP contribution is 2.16. The topological polar surface area (TPSA) is 104 Å². The number of H-pyrrole nitrogens is 1. The number of aryl methyl sites for hydroxylation is 1. The monoisotopic (exact) mass is 253 g/mol. The van der Waals surface area contributed by atoms with Gasteiger partial charge in [0.2, 0.25) is 5.91 Å². The lowest BCUT2D eigenvalue weighted by molar-refractivity contribution is -0.121. The van der Waals surface area contributed by atoms with Gasteiger partial charge in [0.1, 0.15) is 0 Å². The molecule has 0 aromatic carbocycles. The number of nitrogens with one attached hydrogen (secondary N) is 2. The van der Waals surface area contributed by atoms with Gasteiger partial charge in [0.25, 0.3) is 5.91 Å². The molecule has 1 heterocycles. The number of nitrogen functional groups attached to an aromatic ring is 1. The summed E-state index contributed by atoms with van der Waals surface area (Å²) in [5.41, 5.74) is 7.10. The summed E-state index contributed by atoms with van der Waals surface area (Å²) in [6, 6.07) is 0. The van der Waals surface area contributed by atoms with Crippen LogP contribution in [0.25, 0.3) is 0 Å². The second-order valence-electron chi connectivity index (χ2n) is 3.81. The lowest BCUT2D eigenvalue weighted by Crippen LogP contribution is -2.39. The number of anilines is 1. The number of amides is 2. The Labute approximate surface area is 106 Å². The first-order chi connectivity index (χ1) is 8.54. The summed E-state index contributed by atoms with van der Waals surface area (Å²) >= 11 is 0. The molecule has 0 spiro atoms. The highest BCUT2D eigenvalue weighted by molar-refractivity contribution is 5.99. The van der Waals surface area contributed by atoms with Gasteiger partial charge in [0, 0.05) is 13.6 Å². The molecular formula is C11H19N5O2. The van der Waals surface area contributed by atoms with Crippen molar-refractivity contribution in [1.82, 2.24) is 20.4 Å². The summed E-state index contributed by atoms with van der Waals surface area (Å²) < 4.78 is 0. The normalized spacial score (nSPS) is 10.2. The van der Waals surface area contributed by atoms with Gasteiger partial charge < -0.3 is 16.0 Å². The van der Waals surface area contributed by atoms with Gasteiger partial charge in [-0.2, -0.15) is 5.10 Å². The van der Waals surface area contributed by atoms with E-state index in [1.54, 1.807) is 6.92 Å². The SMILES string of the molecule is CCc1[nH]nc(C(=O)N(CC)CC(=O)NC)c1N. The maximum Gasteiger partial charge on any atom is 0.276 e.